The van der Waals surface area contributed by atoms with E-state index in [-0.39, 0.29) is 43.0 Å². The van der Waals surface area contributed by atoms with Gasteiger partial charge in [0.25, 0.3) is 0 Å². The Labute approximate surface area is 302 Å². The van der Waals surface area contributed by atoms with Crippen molar-refractivity contribution in [2.45, 2.75) is 109 Å². The monoisotopic (exact) mass is 727 g/mol. The van der Waals surface area contributed by atoms with Gasteiger partial charge in [-0.3, -0.25) is 24.0 Å². The first-order valence-electron chi connectivity index (χ1n) is 17.1. The molecule has 49 heavy (non-hydrogen) atoms. The number of benzene rings is 1. The molecule has 278 valence electrons. The van der Waals surface area contributed by atoms with E-state index in [1.807, 2.05) is 20.1 Å². The fourth-order valence-electron chi connectivity index (χ4n) is 6.18. The van der Waals surface area contributed by atoms with Crippen molar-refractivity contribution in [3.8, 4) is 5.75 Å². The number of esters is 1. The maximum atomic E-state index is 13.5. The molecule has 1 aliphatic carbocycles. The first kappa shape index (κ1) is 44.0. The van der Waals surface area contributed by atoms with Gasteiger partial charge in [-0.2, -0.15) is 11.8 Å². The van der Waals surface area contributed by atoms with Gasteiger partial charge in [0.05, 0.1) is 19.7 Å². The van der Waals surface area contributed by atoms with Gasteiger partial charge < -0.3 is 36.4 Å². The molecule has 6 N–H and O–H groups in total. The largest absolute Gasteiger partial charge is 0.508 e. The maximum absolute atomic E-state index is 13.5. The zero-order chi connectivity index (χ0) is 35.6. The molecular weight excluding hydrogens is 670 g/mol. The minimum absolute atomic E-state index is 0. The van der Waals surface area contributed by atoms with Gasteiger partial charge in [0.2, 0.25) is 23.6 Å². The number of unbranched alkanes of at least 4 members (excludes halogenated alkanes) is 2. The molecule has 0 heterocycles. The maximum Gasteiger partial charge on any atom is 0.305 e. The third-order valence-corrected chi connectivity index (χ3v) is 9.66. The predicted octanol–water partition coefficient (Wildman–Crippen LogP) is 3.30. The number of hydrogen-bond donors (Lipinski definition) is 5. The lowest BCUT2D eigenvalue weighted by Gasteiger charge is -2.29. The second-order valence-corrected chi connectivity index (χ2v) is 13.9. The fraction of sp³-hybridized carbons (Fsp3) is 0.686. The van der Waals surface area contributed by atoms with E-state index in [1.165, 1.54) is 25.3 Å². The molecule has 0 unspecified atom stereocenters. The minimum Gasteiger partial charge on any atom is -0.508 e. The highest BCUT2D eigenvalue weighted by atomic mass is 35.5. The number of methoxy groups -OCH3 is 1. The summed E-state index contributed by atoms with van der Waals surface area (Å²) in [6.07, 6.45) is 10.9. The van der Waals surface area contributed by atoms with Crippen molar-refractivity contribution in [1.82, 2.24) is 20.9 Å². The quantitative estimate of drug-likeness (QED) is 0.0995. The van der Waals surface area contributed by atoms with E-state index >= 15 is 0 Å². The standard InChI is InChI=1S/C35H57N5O7S.ClH/c1-23-18-26(41)19-24(2)27(23)21-28(36)33(44)39-29(15-17-48-5)34(45)37-22-31(42)38-30(20-25-12-8-6-9-13-25)35(46)40(3)16-11-7-10-14-32(43)47-4;/h18-19,25,28-30,41H,6-17,20-22,36H2,1-5H3,(H,37,45)(H,38,42)(H,39,44);1H/t28-,29-,30+;/m1./s1. The van der Waals surface area contributed by atoms with E-state index < -0.39 is 35.8 Å². The Morgan fingerprint density at radius 3 is 2.27 bits per heavy atom. The highest BCUT2D eigenvalue weighted by Gasteiger charge is 2.29. The van der Waals surface area contributed by atoms with Gasteiger partial charge in [-0.1, -0.05) is 38.5 Å². The van der Waals surface area contributed by atoms with E-state index in [1.54, 1.807) is 24.1 Å². The van der Waals surface area contributed by atoms with E-state index in [4.69, 9.17) is 5.73 Å². The first-order chi connectivity index (χ1) is 22.9. The molecule has 1 saturated carbocycles. The molecule has 0 radical (unpaired) electrons. The molecule has 1 aromatic carbocycles. The number of aromatic hydroxyl groups is 1. The van der Waals surface area contributed by atoms with Gasteiger partial charge >= 0.3 is 5.97 Å². The van der Waals surface area contributed by atoms with Gasteiger partial charge in [0.15, 0.2) is 0 Å². The van der Waals surface area contributed by atoms with Crippen LogP contribution in [0.25, 0.3) is 0 Å². The number of nitrogens with one attached hydrogen (secondary N) is 3. The number of thioether (sulfide) groups is 1. The predicted molar refractivity (Wildman–Crippen MR) is 196 cm³/mol. The number of rotatable bonds is 20. The van der Waals surface area contributed by atoms with Gasteiger partial charge in [-0.05, 0) is 92.7 Å². The molecule has 0 aromatic heterocycles. The lowest BCUT2D eigenvalue weighted by atomic mass is 9.84. The molecule has 3 atom stereocenters. The Bertz CT molecular complexity index is 1210. The second kappa shape index (κ2) is 23.4. The Morgan fingerprint density at radius 2 is 1.65 bits per heavy atom. The average molecular weight is 728 g/mol. The Hall–Kier alpha value is -3.03. The van der Waals surface area contributed by atoms with Gasteiger partial charge in [-0.15, -0.1) is 12.4 Å². The first-order valence-corrected chi connectivity index (χ1v) is 18.5. The van der Waals surface area contributed by atoms with Crippen molar-refractivity contribution in [2.24, 2.45) is 11.7 Å². The van der Waals surface area contributed by atoms with Crippen LogP contribution >= 0.6 is 24.2 Å². The summed E-state index contributed by atoms with van der Waals surface area (Å²) in [6.45, 7) is 3.84. The molecule has 1 aromatic rings. The van der Waals surface area contributed by atoms with Crippen molar-refractivity contribution >= 4 is 53.8 Å². The summed E-state index contributed by atoms with van der Waals surface area (Å²) in [7, 11) is 3.08. The van der Waals surface area contributed by atoms with Crippen LogP contribution in [-0.4, -0.2) is 97.0 Å². The van der Waals surface area contributed by atoms with E-state index in [2.05, 4.69) is 20.7 Å². The number of likely N-dealkylation sites (N-methyl/N-ethyl adjacent to an activating group) is 1. The smallest absolute Gasteiger partial charge is 0.305 e. The van der Waals surface area contributed by atoms with Crippen LogP contribution in [0, 0.1) is 19.8 Å². The van der Waals surface area contributed by atoms with E-state index in [9.17, 15) is 29.1 Å². The number of phenols is 1. The molecule has 4 amide bonds. The van der Waals surface area contributed by atoms with E-state index in [0.29, 0.717) is 43.9 Å². The molecule has 1 aliphatic rings. The zero-order valence-corrected chi connectivity index (χ0v) is 31.4. The highest BCUT2D eigenvalue weighted by Crippen LogP contribution is 2.28. The molecule has 0 spiro atoms. The molecule has 12 nitrogen and oxygen atoms in total. The fourth-order valence-corrected chi connectivity index (χ4v) is 6.65. The molecule has 0 saturated heterocycles. The zero-order valence-electron chi connectivity index (χ0n) is 29.8. The second-order valence-electron chi connectivity index (χ2n) is 12.9. The van der Waals surface area contributed by atoms with Gasteiger partial charge in [0, 0.05) is 20.0 Å². The van der Waals surface area contributed by atoms with Crippen LogP contribution in [-0.2, 0) is 35.1 Å². The average Bonchev–Trinajstić information content (AvgIpc) is 3.06. The molecule has 2 rings (SSSR count). The normalized spacial score (nSPS) is 14.8. The summed E-state index contributed by atoms with van der Waals surface area (Å²) in [6, 6.07) is 0.712. The van der Waals surface area contributed by atoms with Crippen LogP contribution in [0.2, 0.25) is 0 Å². The summed E-state index contributed by atoms with van der Waals surface area (Å²) < 4.78 is 4.68. The number of carbonyl (C=O) groups excluding carboxylic acids is 5. The number of halogens is 1. The number of aryl methyl sites for hydroxylation is 2. The Morgan fingerprint density at radius 1 is 1.00 bits per heavy atom. The van der Waals surface area contributed by atoms with Gasteiger partial charge in [0.1, 0.15) is 17.8 Å². The number of nitrogens with zero attached hydrogens (tertiary/aromatic N) is 1. The molecule has 0 aliphatic heterocycles. The Kier molecular flexibility index (Phi) is 21.0. The van der Waals surface area contributed by atoms with Crippen molar-refractivity contribution in [1.29, 1.82) is 0 Å². The van der Waals surface area contributed by atoms with Crippen molar-refractivity contribution in [2.75, 3.05) is 39.3 Å². The summed E-state index contributed by atoms with van der Waals surface area (Å²) in [5.74, 6) is -0.816. The van der Waals surface area contributed by atoms with E-state index in [0.717, 1.165) is 55.2 Å². The summed E-state index contributed by atoms with van der Waals surface area (Å²) in [5.41, 5.74) is 8.74. The van der Waals surface area contributed by atoms with Crippen molar-refractivity contribution in [3.05, 3.63) is 28.8 Å². The number of amides is 4. The minimum atomic E-state index is -0.920. The van der Waals surface area contributed by atoms with Crippen LogP contribution < -0.4 is 21.7 Å². The van der Waals surface area contributed by atoms with Crippen LogP contribution in [0.4, 0.5) is 0 Å². The number of ether oxygens (including phenoxy) is 1. The van der Waals surface area contributed by atoms with Crippen LogP contribution in [0.3, 0.4) is 0 Å². The molecular formula is C35H58ClN5O7S. The van der Waals surface area contributed by atoms with Crippen molar-refractivity contribution in [3.63, 3.8) is 0 Å². The summed E-state index contributed by atoms with van der Waals surface area (Å²) in [4.78, 5) is 65.9. The van der Waals surface area contributed by atoms with Crippen molar-refractivity contribution < 1.29 is 33.8 Å². The number of carbonyl (C=O) groups is 5. The lowest BCUT2D eigenvalue weighted by molar-refractivity contribution is -0.140. The molecule has 14 heteroatoms. The number of phenolic OH excluding ortho intramolecular Hbond substituents is 1. The summed E-state index contributed by atoms with van der Waals surface area (Å²) in [5, 5.41) is 18.1. The SMILES string of the molecule is COC(=O)CCCCCN(C)C(=O)[C@H](CC1CCCCC1)NC(=O)CNC(=O)[C@@H](CCSC)NC(=O)[C@H](N)Cc1c(C)cc(O)cc1C.Cl. The van der Waals surface area contributed by atoms with Crippen LogP contribution in [0.5, 0.6) is 5.75 Å². The van der Waals surface area contributed by atoms with Crippen LogP contribution in [0.15, 0.2) is 12.1 Å². The number of hydrogen-bond acceptors (Lipinski definition) is 9. The third kappa shape index (κ3) is 16.0. The van der Waals surface area contributed by atoms with Gasteiger partial charge in [-0.25, -0.2) is 0 Å². The molecule has 0 bridgehead atoms. The Balaban J connectivity index is 0.0000120. The summed E-state index contributed by atoms with van der Waals surface area (Å²) >= 11 is 1.53. The van der Waals surface area contributed by atoms with Crippen LogP contribution in [0.1, 0.15) is 87.3 Å². The molecule has 1 fully saturated rings. The highest BCUT2D eigenvalue weighted by molar-refractivity contribution is 7.98. The third-order valence-electron chi connectivity index (χ3n) is 9.01. The topological polar surface area (TPSA) is 180 Å². The number of nitrogens with two attached hydrogens (primary N) is 1. The lowest BCUT2D eigenvalue weighted by Crippen LogP contribution is -2.54.